The molecule has 1 atom stereocenters. The molecule has 2 aliphatic rings. The van der Waals surface area contributed by atoms with E-state index in [-0.39, 0.29) is 23.6 Å². The van der Waals surface area contributed by atoms with Crippen LogP contribution in [0.3, 0.4) is 0 Å². The number of ether oxygens (including phenoxy) is 2. The number of carbonyl (C=O) groups excluding carboxylic acids is 2. The third kappa shape index (κ3) is 3.78. The topological polar surface area (TPSA) is 122 Å². The van der Waals surface area contributed by atoms with Crippen molar-refractivity contribution in [1.29, 1.82) is 0 Å². The number of carbonyl (C=O) groups is 2. The number of rotatable bonds is 5. The highest BCUT2D eigenvalue weighted by Crippen LogP contribution is 2.45. The molecule has 3 aromatic carbocycles. The first kappa shape index (κ1) is 22.9. The lowest BCUT2D eigenvalue weighted by molar-refractivity contribution is -0.384. The Balaban J connectivity index is 1.70. The molecule has 0 aliphatic carbocycles. The number of aliphatic hydroxyl groups excluding tert-OH is 1. The van der Waals surface area contributed by atoms with Gasteiger partial charge in [-0.25, -0.2) is 0 Å². The van der Waals surface area contributed by atoms with Crippen LogP contribution >= 0.6 is 0 Å². The normalized spacial score (nSPS) is 17.9. The molecule has 1 fully saturated rings. The first-order valence-electron chi connectivity index (χ1n) is 11.0. The van der Waals surface area contributed by atoms with Crippen molar-refractivity contribution in [2.75, 3.05) is 30.7 Å². The van der Waals surface area contributed by atoms with Crippen LogP contribution in [0.4, 0.5) is 17.1 Å². The maximum absolute atomic E-state index is 13.3. The number of nitro groups is 1. The van der Waals surface area contributed by atoms with Gasteiger partial charge in [0.25, 0.3) is 17.4 Å². The number of anilines is 2. The largest absolute Gasteiger partial charge is 0.507 e. The van der Waals surface area contributed by atoms with Crippen LogP contribution in [0.15, 0.2) is 72.3 Å². The minimum Gasteiger partial charge on any atom is -0.507 e. The van der Waals surface area contributed by atoms with Crippen molar-refractivity contribution in [3.05, 3.63) is 93.5 Å². The molecule has 1 saturated heterocycles. The lowest BCUT2D eigenvalue weighted by Gasteiger charge is -2.26. The van der Waals surface area contributed by atoms with Crippen LogP contribution in [0, 0.1) is 10.1 Å². The number of hydrogen-bond acceptors (Lipinski definition) is 8. The summed E-state index contributed by atoms with van der Waals surface area (Å²) in [6.07, 6.45) is 0. The van der Waals surface area contributed by atoms with Crippen LogP contribution in [0.1, 0.15) is 17.2 Å². The number of benzene rings is 3. The number of nitro benzene ring substituents is 1. The van der Waals surface area contributed by atoms with Gasteiger partial charge in [0.15, 0.2) is 11.5 Å². The Kier molecular flexibility index (Phi) is 5.56. The quantitative estimate of drug-likeness (QED) is 0.188. The lowest BCUT2D eigenvalue weighted by atomic mass is 9.94. The van der Waals surface area contributed by atoms with Gasteiger partial charge in [0.2, 0.25) is 6.79 Å². The minimum atomic E-state index is -0.985. The smallest absolute Gasteiger partial charge is 0.300 e. The summed E-state index contributed by atoms with van der Waals surface area (Å²) in [6.45, 7) is 0.0415. The van der Waals surface area contributed by atoms with E-state index in [2.05, 4.69) is 0 Å². The molecule has 1 amide bonds. The van der Waals surface area contributed by atoms with Crippen molar-refractivity contribution >= 4 is 34.5 Å². The molecular weight excluding hydrogens is 466 g/mol. The van der Waals surface area contributed by atoms with Gasteiger partial charge in [-0.15, -0.1) is 0 Å². The molecule has 0 bridgehead atoms. The number of fused-ring (bicyclic) bond motifs is 1. The van der Waals surface area contributed by atoms with E-state index in [0.717, 1.165) is 11.8 Å². The van der Waals surface area contributed by atoms with E-state index in [4.69, 9.17) is 9.47 Å². The Hall–Kier alpha value is -4.86. The fraction of sp³-hybridized carbons (Fsp3) is 0.154. The molecule has 3 aromatic rings. The standard InChI is InChI=1S/C26H21N3O7/c1-27(2)17-8-6-15(7-9-17)23-22(24(30)16-4-3-5-19(12-16)29(33)34)25(31)26(32)28(23)18-10-11-20-21(13-18)36-14-35-20/h3-13,23,30H,14H2,1-2H3/b24-22+. The Morgan fingerprint density at radius 1 is 1.03 bits per heavy atom. The highest BCUT2D eigenvalue weighted by Gasteiger charge is 2.47. The highest BCUT2D eigenvalue weighted by molar-refractivity contribution is 6.51. The molecule has 1 unspecified atom stereocenters. The summed E-state index contributed by atoms with van der Waals surface area (Å²) in [4.78, 5) is 40.5. The molecule has 1 N–H and O–H groups in total. The van der Waals surface area contributed by atoms with Gasteiger partial charge in [-0.2, -0.15) is 0 Å². The second kappa shape index (κ2) is 8.73. The van der Waals surface area contributed by atoms with Gasteiger partial charge >= 0.3 is 0 Å². The third-order valence-corrected chi connectivity index (χ3v) is 6.13. The Morgan fingerprint density at radius 3 is 2.44 bits per heavy atom. The van der Waals surface area contributed by atoms with Crippen molar-refractivity contribution in [2.45, 2.75) is 6.04 Å². The second-order valence-corrected chi connectivity index (χ2v) is 8.50. The van der Waals surface area contributed by atoms with Gasteiger partial charge in [-0.3, -0.25) is 24.6 Å². The summed E-state index contributed by atoms with van der Waals surface area (Å²) in [6, 6.07) is 16.4. The van der Waals surface area contributed by atoms with Crippen LogP contribution in [-0.4, -0.2) is 42.6 Å². The van der Waals surface area contributed by atoms with E-state index in [0.29, 0.717) is 22.7 Å². The van der Waals surface area contributed by atoms with Crippen LogP contribution in [0.5, 0.6) is 11.5 Å². The summed E-state index contributed by atoms with van der Waals surface area (Å²) >= 11 is 0. The molecule has 2 aliphatic heterocycles. The van der Waals surface area contributed by atoms with Crippen molar-refractivity contribution in [2.24, 2.45) is 0 Å². The van der Waals surface area contributed by atoms with Crippen molar-refractivity contribution in [3.63, 3.8) is 0 Å². The fourth-order valence-electron chi connectivity index (χ4n) is 4.33. The molecule has 2 heterocycles. The summed E-state index contributed by atoms with van der Waals surface area (Å²) in [5.74, 6) is -1.31. The Morgan fingerprint density at radius 2 is 1.75 bits per heavy atom. The first-order chi connectivity index (χ1) is 17.3. The van der Waals surface area contributed by atoms with Gasteiger partial charge in [0.05, 0.1) is 16.5 Å². The van der Waals surface area contributed by atoms with E-state index in [1.54, 1.807) is 30.3 Å². The molecule has 0 saturated carbocycles. The number of non-ortho nitro benzene ring substituents is 1. The second-order valence-electron chi connectivity index (χ2n) is 8.50. The number of nitrogens with zero attached hydrogens (tertiary/aromatic N) is 3. The predicted molar refractivity (Wildman–Crippen MR) is 131 cm³/mol. The molecule has 0 spiro atoms. The number of ketones is 1. The molecule has 10 nitrogen and oxygen atoms in total. The number of amides is 1. The average Bonchev–Trinajstić information content (AvgIpc) is 3.45. The molecule has 10 heteroatoms. The van der Waals surface area contributed by atoms with E-state index in [9.17, 15) is 24.8 Å². The van der Waals surface area contributed by atoms with E-state index >= 15 is 0 Å². The minimum absolute atomic E-state index is 0.0415. The molecule has 5 rings (SSSR count). The number of aliphatic hydroxyl groups is 1. The monoisotopic (exact) mass is 487 g/mol. The van der Waals surface area contributed by atoms with Gasteiger partial charge in [-0.05, 0) is 29.8 Å². The fourth-order valence-corrected chi connectivity index (χ4v) is 4.33. The van der Waals surface area contributed by atoms with Gasteiger partial charge in [-0.1, -0.05) is 24.3 Å². The van der Waals surface area contributed by atoms with Crippen LogP contribution in [-0.2, 0) is 9.59 Å². The van der Waals surface area contributed by atoms with E-state index in [1.807, 2.05) is 31.1 Å². The van der Waals surface area contributed by atoms with Gasteiger partial charge in [0, 0.05) is 49.2 Å². The SMILES string of the molecule is CN(C)c1ccc(C2/C(=C(\O)c3cccc([N+](=O)[O-])c3)C(=O)C(=O)N2c2ccc3c(c2)OCO3)cc1. The predicted octanol–water partition coefficient (Wildman–Crippen LogP) is 4.02. The zero-order chi connectivity index (χ0) is 25.6. The summed E-state index contributed by atoms with van der Waals surface area (Å²) in [5, 5.41) is 22.5. The number of Topliss-reactive ketones (excluding diaryl/α,β-unsaturated/α-hetero) is 1. The van der Waals surface area contributed by atoms with Crippen molar-refractivity contribution in [1.82, 2.24) is 0 Å². The average molecular weight is 487 g/mol. The van der Waals surface area contributed by atoms with Crippen LogP contribution < -0.4 is 19.3 Å². The molecular formula is C26H21N3O7. The van der Waals surface area contributed by atoms with Crippen molar-refractivity contribution in [3.8, 4) is 11.5 Å². The highest BCUT2D eigenvalue weighted by atomic mass is 16.7. The summed E-state index contributed by atoms with van der Waals surface area (Å²) in [5.41, 5.74) is 1.48. The van der Waals surface area contributed by atoms with E-state index in [1.165, 1.54) is 23.1 Å². The molecule has 0 radical (unpaired) electrons. The Labute approximate surface area is 205 Å². The summed E-state index contributed by atoms with van der Waals surface area (Å²) < 4.78 is 10.8. The zero-order valence-corrected chi connectivity index (χ0v) is 19.4. The molecule has 36 heavy (non-hydrogen) atoms. The Bertz CT molecular complexity index is 1430. The molecule has 182 valence electrons. The zero-order valence-electron chi connectivity index (χ0n) is 19.4. The first-order valence-corrected chi connectivity index (χ1v) is 11.0. The maximum atomic E-state index is 13.3. The lowest BCUT2D eigenvalue weighted by Crippen LogP contribution is -2.29. The number of hydrogen-bond donors (Lipinski definition) is 1. The van der Waals surface area contributed by atoms with Crippen LogP contribution in [0.2, 0.25) is 0 Å². The van der Waals surface area contributed by atoms with E-state index < -0.39 is 28.4 Å². The third-order valence-electron chi connectivity index (χ3n) is 6.13. The van der Waals surface area contributed by atoms with Gasteiger partial charge < -0.3 is 19.5 Å². The van der Waals surface area contributed by atoms with Crippen molar-refractivity contribution < 1.29 is 29.1 Å². The molecule has 0 aromatic heterocycles. The van der Waals surface area contributed by atoms with Gasteiger partial charge in [0.1, 0.15) is 5.76 Å². The van der Waals surface area contributed by atoms with Crippen LogP contribution in [0.25, 0.3) is 5.76 Å². The summed E-state index contributed by atoms with van der Waals surface area (Å²) in [7, 11) is 3.77. The maximum Gasteiger partial charge on any atom is 0.300 e.